The normalized spacial score (nSPS) is 18.6. The Morgan fingerprint density at radius 1 is 1.23 bits per heavy atom. The van der Waals surface area contributed by atoms with Crippen molar-refractivity contribution in [2.24, 2.45) is 0 Å². The number of carbonyl (C=O) groups excluding carboxylic acids is 2. The molecule has 2 aromatic carbocycles. The summed E-state index contributed by atoms with van der Waals surface area (Å²) < 4.78 is 19.1. The fourth-order valence-corrected chi connectivity index (χ4v) is 4.28. The number of benzene rings is 2. The molecule has 1 aliphatic rings. The number of amides is 3. The first-order valence-electron chi connectivity index (χ1n) is 9.07. The molecule has 0 radical (unpaired) electrons. The number of nitrogens with zero attached hydrogens (tertiary/aromatic N) is 2. The van der Waals surface area contributed by atoms with Gasteiger partial charge in [0.25, 0.3) is 5.91 Å². The molecule has 1 aliphatic heterocycles. The van der Waals surface area contributed by atoms with E-state index in [4.69, 9.17) is 16.3 Å². The van der Waals surface area contributed by atoms with Crippen LogP contribution in [0.2, 0.25) is 5.02 Å². The molecule has 0 bridgehead atoms. The van der Waals surface area contributed by atoms with Crippen LogP contribution in [0, 0.1) is 5.82 Å². The first kappa shape index (κ1) is 20.3. The Morgan fingerprint density at radius 2 is 2.00 bits per heavy atom. The number of aromatic nitrogens is 1. The molecule has 1 unspecified atom stereocenters. The Hall–Kier alpha value is -2.97. The molecule has 0 aliphatic carbocycles. The average Bonchev–Trinajstić information content (AvgIpc) is 3.25. The van der Waals surface area contributed by atoms with Gasteiger partial charge in [0, 0.05) is 16.0 Å². The van der Waals surface area contributed by atoms with Crippen molar-refractivity contribution in [3.8, 4) is 5.75 Å². The second-order valence-corrected chi connectivity index (χ2v) is 8.25. The van der Waals surface area contributed by atoms with E-state index >= 15 is 0 Å². The van der Waals surface area contributed by atoms with Crippen LogP contribution < -0.4 is 10.1 Å². The Kier molecular flexibility index (Phi) is 5.44. The maximum Gasteiger partial charge on any atom is 0.325 e. The predicted octanol–water partition coefficient (Wildman–Crippen LogP) is 4.48. The topological polar surface area (TPSA) is 71.5 Å². The summed E-state index contributed by atoms with van der Waals surface area (Å²) in [7, 11) is 0. The number of hydrogen-bond donors (Lipinski definition) is 1. The number of rotatable bonds is 6. The van der Waals surface area contributed by atoms with Gasteiger partial charge in [-0.05, 0) is 31.2 Å². The minimum absolute atomic E-state index is 0.0148. The minimum Gasteiger partial charge on any atom is -0.486 e. The number of carbonyl (C=O) groups is 2. The third-order valence-electron chi connectivity index (χ3n) is 4.77. The third-order valence-corrected chi connectivity index (χ3v) is 5.95. The molecule has 0 spiro atoms. The van der Waals surface area contributed by atoms with E-state index in [1.54, 1.807) is 12.3 Å². The SMILES string of the molecule is CC1(c2ccc(F)cc2Cl)NC(=O)N(Cc2csc(COc3ccccc3)n2)C1=O. The van der Waals surface area contributed by atoms with Crippen molar-refractivity contribution in [2.75, 3.05) is 0 Å². The fourth-order valence-electron chi connectivity index (χ4n) is 3.23. The quantitative estimate of drug-likeness (QED) is 0.568. The van der Waals surface area contributed by atoms with Crippen LogP contribution in [0.15, 0.2) is 53.9 Å². The highest BCUT2D eigenvalue weighted by Gasteiger charge is 2.50. The minimum atomic E-state index is -1.38. The van der Waals surface area contributed by atoms with E-state index in [-0.39, 0.29) is 18.2 Å². The molecule has 0 saturated carbocycles. The second kappa shape index (κ2) is 8.04. The van der Waals surface area contributed by atoms with Gasteiger partial charge in [-0.15, -0.1) is 11.3 Å². The van der Waals surface area contributed by atoms with Gasteiger partial charge < -0.3 is 10.1 Å². The predicted molar refractivity (Wildman–Crippen MR) is 111 cm³/mol. The molecule has 3 aromatic rings. The van der Waals surface area contributed by atoms with Gasteiger partial charge in [-0.3, -0.25) is 9.69 Å². The Labute approximate surface area is 181 Å². The van der Waals surface area contributed by atoms with E-state index in [0.717, 1.165) is 21.7 Å². The van der Waals surface area contributed by atoms with E-state index in [9.17, 15) is 14.0 Å². The van der Waals surface area contributed by atoms with Crippen LogP contribution >= 0.6 is 22.9 Å². The lowest BCUT2D eigenvalue weighted by Crippen LogP contribution is -2.41. The first-order valence-corrected chi connectivity index (χ1v) is 10.3. The summed E-state index contributed by atoms with van der Waals surface area (Å²) >= 11 is 7.51. The van der Waals surface area contributed by atoms with Gasteiger partial charge >= 0.3 is 6.03 Å². The molecule has 9 heteroatoms. The van der Waals surface area contributed by atoms with E-state index in [1.165, 1.54) is 23.5 Å². The molecule has 1 atom stereocenters. The number of urea groups is 1. The number of imide groups is 1. The van der Waals surface area contributed by atoms with E-state index in [1.807, 2.05) is 30.3 Å². The maximum atomic E-state index is 13.4. The molecule has 30 heavy (non-hydrogen) atoms. The van der Waals surface area contributed by atoms with Crippen LogP contribution in [0.5, 0.6) is 5.75 Å². The lowest BCUT2D eigenvalue weighted by molar-refractivity contribution is -0.131. The standard InChI is InChI=1S/C21H17ClFN3O3S/c1-21(16-8-7-13(23)9-17(16)22)19(27)26(20(28)25-21)10-14-12-30-18(24-14)11-29-15-5-3-2-4-6-15/h2-9,12H,10-11H2,1H3,(H,25,28). The van der Waals surface area contributed by atoms with Crippen LogP contribution in [0.25, 0.3) is 0 Å². The van der Waals surface area contributed by atoms with Crippen LogP contribution in [0.4, 0.5) is 9.18 Å². The van der Waals surface area contributed by atoms with Crippen LogP contribution in [-0.4, -0.2) is 21.8 Å². The monoisotopic (exact) mass is 445 g/mol. The van der Waals surface area contributed by atoms with Crippen molar-refractivity contribution < 1.29 is 18.7 Å². The summed E-state index contributed by atoms with van der Waals surface area (Å²) in [5, 5.41) is 5.24. The summed E-state index contributed by atoms with van der Waals surface area (Å²) in [6, 6.07) is 12.5. The Morgan fingerprint density at radius 3 is 2.73 bits per heavy atom. The smallest absolute Gasteiger partial charge is 0.325 e. The van der Waals surface area contributed by atoms with Gasteiger partial charge in [-0.1, -0.05) is 35.9 Å². The number of nitrogens with one attached hydrogen (secondary N) is 1. The average molecular weight is 446 g/mol. The third kappa shape index (κ3) is 3.88. The highest BCUT2D eigenvalue weighted by molar-refractivity contribution is 7.09. The zero-order valence-corrected chi connectivity index (χ0v) is 17.5. The summed E-state index contributed by atoms with van der Waals surface area (Å²) in [6.07, 6.45) is 0. The molecule has 1 aromatic heterocycles. The largest absolute Gasteiger partial charge is 0.486 e. The zero-order valence-electron chi connectivity index (χ0n) is 15.9. The van der Waals surface area contributed by atoms with E-state index in [2.05, 4.69) is 10.3 Å². The Balaban J connectivity index is 1.47. The molecule has 3 amide bonds. The lowest BCUT2D eigenvalue weighted by atomic mass is 9.92. The van der Waals surface area contributed by atoms with Gasteiger partial charge in [0.05, 0.1) is 12.2 Å². The number of ether oxygens (including phenoxy) is 1. The highest BCUT2D eigenvalue weighted by Crippen LogP contribution is 2.34. The van der Waals surface area contributed by atoms with Crippen LogP contribution in [0.3, 0.4) is 0 Å². The van der Waals surface area contributed by atoms with E-state index in [0.29, 0.717) is 11.3 Å². The van der Waals surface area contributed by atoms with Gasteiger partial charge in [0.2, 0.25) is 0 Å². The van der Waals surface area contributed by atoms with Gasteiger partial charge in [0.1, 0.15) is 28.7 Å². The molecule has 1 saturated heterocycles. The number of thiazole rings is 1. The Bertz CT molecular complexity index is 1110. The molecular formula is C21H17ClFN3O3S. The van der Waals surface area contributed by atoms with Crippen molar-refractivity contribution >= 4 is 34.9 Å². The summed E-state index contributed by atoms with van der Waals surface area (Å²) in [5.74, 6) is -0.264. The van der Waals surface area contributed by atoms with Crippen molar-refractivity contribution in [3.05, 3.63) is 81.0 Å². The molecular weight excluding hydrogens is 429 g/mol. The summed E-state index contributed by atoms with van der Waals surface area (Å²) in [6.45, 7) is 1.85. The number of para-hydroxylation sites is 1. The van der Waals surface area contributed by atoms with Crippen molar-refractivity contribution in [1.29, 1.82) is 0 Å². The van der Waals surface area contributed by atoms with Crippen molar-refractivity contribution in [3.63, 3.8) is 0 Å². The molecule has 1 N–H and O–H groups in total. The molecule has 154 valence electrons. The van der Waals surface area contributed by atoms with E-state index < -0.39 is 23.3 Å². The number of hydrogen-bond acceptors (Lipinski definition) is 5. The zero-order chi connectivity index (χ0) is 21.3. The second-order valence-electron chi connectivity index (χ2n) is 6.90. The molecule has 1 fully saturated rings. The molecule has 4 rings (SSSR count). The molecule has 2 heterocycles. The lowest BCUT2D eigenvalue weighted by Gasteiger charge is -2.23. The summed E-state index contributed by atoms with van der Waals surface area (Å²) in [5.41, 5.74) is -0.469. The fraction of sp³-hybridized carbons (Fsp3) is 0.190. The van der Waals surface area contributed by atoms with Gasteiger partial charge in [-0.2, -0.15) is 0 Å². The van der Waals surface area contributed by atoms with Gasteiger partial charge in [0.15, 0.2) is 0 Å². The maximum absolute atomic E-state index is 13.4. The summed E-state index contributed by atoms with van der Waals surface area (Å²) in [4.78, 5) is 31.1. The van der Waals surface area contributed by atoms with Crippen LogP contribution in [-0.2, 0) is 23.5 Å². The van der Waals surface area contributed by atoms with Crippen molar-refractivity contribution in [2.45, 2.75) is 25.6 Å². The highest BCUT2D eigenvalue weighted by atomic mass is 35.5. The number of halogens is 2. The first-order chi connectivity index (χ1) is 14.4. The van der Waals surface area contributed by atoms with Crippen molar-refractivity contribution in [1.82, 2.24) is 15.2 Å². The van der Waals surface area contributed by atoms with Crippen LogP contribution in [0.1, 0.15) is 23.2 Å². The van der Waals surface area contributed by atoms with Gasteiger partial charge in [-0.25, -0.2) is 14.2 Å². The molecule has 6 nitrogen and oxygen atoms in total.